The Morgan fingerprint density at radius 3 is 2.91 bits per heavy atom. The van der Waals surface area contributed by atoms with Crippen LogP contribution in [0.1, 0.15) is 20.0 Å². The summed E-state index contributed by atoms with van der Waals surface area (Å²) in [6, 6.07) is 1.50. The van der Waals surface area contributed by atoms with Gasteiger partial charge in [0.2, 0.25) is 0 Å². The van der Waals surface area contributed by atoms with Crippen LogP contribution < -0.4 is 0 Å². The maximum atomic E-state index is 10.8. The van der Waals surface area contributed by atoms with Gasteiger partial charge in [0.05, 0.1) is 7.11 Å². The molecular weight excluding hydrogens is 164 g/mol. The molecular formula is C7H6O3S. The Labute approximate surface area is 67.6 Å². The molecule has 0 aliphatic carbocycles. The summed E-state index contributed by atoms with van der Waals surface area (Å²) in [5, 5.41) is 1.61. The van der Waals surface area contributed by atoms with Gasteiger partial charge in [0.1, 0.15) is 4.88 Å². The van der Waals surface area contributed by atoms with Crippen LogP contribution in [0.15, 0.2) is 11.4 Å². The number of hydrogen-bond donors (Lipinski definition) is 0. The smallest absolute Gasteiger partial charge is 0.348 e. The predicted octanol–water partition coefficient (Wildman–Crippen LogP) is 1.35. The number of esters is 1. The van der Waals surface area contributed by atoms with E-state index in [1.165, 1.54) is 24.5 Å². The third-order valence-corrected chi connectivity index (χ3v) is 2.07. The van der Waals surface area contributed by atoms with E-state index in [0.717, 1.165) is 0 Å². The molecule has 1 aromatic rings. The van der Waals surface area contributed by atoms with Crippen LogP contribution in [0, 0.1) is 0 Å². The first-order chi connectivity index (χ1) is 5.27. The van der Waals surface area contributed by atoms with Gasteiger partial charge in [0.15, 0.2) is 6.29 Å². The average molecular weight is 170 g/mol. The second-order valence-corrected chi connectivity index (χ2v) is 2.76. The molecule has 0 saturated carbocycles. The molecule has 0 N–H and O–H groups in total. The Kier molecular flexibility index (Phi) is 2.38. The molecule has 3 nitrogen and oxygen atoms in total. The van der Waals surface area contributed by atoms with E-state index in [0.29, 0.717) is 16.7 Å². The molecule has 0 radical (unpaired) electrons. The molecule has 0 aliphatic rings. The largest absolute Gasteiger partial charge is 0.465 e. The summed E-state index contributed by atoms with van der Waals surface area (Å²) in [6.45, 7) is 0. The van der Waals surface area contributed by atoms with E-state index < -0.39 is 5.97 Å². The lowest BCUT2D eigenvalue weighted by Gasteiger charge is -1.90. The van der Waals surface area contributed by atoms with Crippen molar-refractivity contribution in [1.82, 2.24) is 0 Å². The molecule has 0 atom stereocenters. The number of thiophene rings is 1. The van der Waals surface area contributed by atoms with Crippen LogP contribution in [-0.4, -0.2) is 19.4 Å². The van der Waals surface area contributed by atoms with Gasteiger partial charge in [-0.2, -0.15) is 0 Å². The molecule has 1 rings (SSSR count). The first kappa shape index (κ1) is 7.94. The Morgan fingerprint density at radius 2 is 2.45 bits per heavy atom. The van der Waals surface area contributed by atoms with E-state index in [9.17, 15) is 9.59 Å². The van der Waals surface area contributed by atoms with Crippen molar-refractivity contribution < 1.29 is 14.3 Å². The second-order valence-electron chi connectivity index (χ2n) is 1.85. The molecule has 0 aliphatic heterocycles. The molecule has 0 amide bonds. The zero-order valence-corrected chi connectivity index (χ0v) is 6.68. The monoisotopic (exact) mass is 170 g/mol. The first-order valence-electron chi connectivity index (χ1n) is 2.90. The van der Waals surface area contributed by atoms with Crippen LogP contribution in [0.2, 0.25) is 0 Å². The topological polar surface area (TPSA) is 43.4 Å². The summed E-state index contributed by atoms with van der Waals surface area (Å²) in [4.78, 5) is 21.5. The Bertz CT molecular complexity index is 277. The van der Waals surface area contributed by atoms with Gasteiger partial charge in [0.25, 0.3) is 0 Å². The van der Waals surface area contributed by atoms with Gasteiger partial charge >= 0.3 is 5.97 Å². The molecule has 0 bridgehead atoms. The highest BCUT2D eigenvalue weighted by Gasteiger charge is 2.07. The summed E-state index contributed by atoms with van der Waals surface area (Å²) in [6.07, 6.45) is 0.697. The fourth-order valence-corrected chi connectivity index (χ4v) is 1.39. The van der Waals surface area contributed by atoms with Gasteiger partial charge in [-0.15, -0.1) is 11.3 Å². The minimum atomic E-state index is -0.400. The fraction of sp³-hybridized carbons (Fsp3) is 0.143. The van der Waals surface area contributed by atoms with E-state index in [-0.39, 0.29) is 0 Å². The van der Waals surface area contributed by atoms with Crippen LogP contribution in [0.4, 0.5) is 0 Å². The highest BCUT2D eigenvalue weighted by Crippen LogP contribution is 2.13. The Hall–Kier alpha value is -1.16. The molecule has 0 saturated heterocycles. The van der Waals surface area contributed by atoms with Crippen LogP contribution in [-0.2, 0) is 4.74 Å². The van der Waals surface area contributed by atoms with Crippen molar-refractivity contribution in [3.8, 4) is 0 Å². The van der Waals surface area contributed by atoms with Crippen molar-refractivity contribution >= 4 is 23.6 Å². The van der Waals surface area contributed by atoms with Gasteiger partial charge in [-0.3, -0.25) is 4.79 Å². The van der Waals surface area contributed by atoms with E-state index >= 15 is 0 Å². The lowest BCUT2D eigenvalue weighted by Crippen LogP contribution is -1.96. The van der Waals surface area contributed by atoms with E-state index in [1.54, 1.807) is 5.38 Å². The minimum Gasteiger partial charge on any atom is -0.465 e. The molecule has 0 spiro atoms. The van der Waals surface area contributed by atoms with Crippen LogP contribution in [0.25, 0.3) is 0 Å². The number of methoxy groups -OCH3 is 1. The van der Waals surface area contributed by atoms with Crippen LogP contribution in [0.5, 0.6) is 0 Å². The van der Waals surface area contributed by atoms with E-state index in [2.05, 4.69) is 4.74 Å². The van der Waals surface area contributed by atoms with Gasteiger partial charge in [-0.05, 0) is 6.07 Å². The standard InChI is InChI=1S/C7H6O3S/c1-10-7(9)6-2-5(3-8)4-11-6/h2-4H,1H3. The molecule has 58 valence electrons. The number of aldehydes is 1. The fourth-order valence-electron chi connectivity index (χ4n) is 0.620. The van der Waals surface area contributed by atoms with E-state index in [1.807, 2.05) is 0 Å². The van der Waals surface area contributed by atoms with Crippen molar-refractivity contribution in [2.45, 2.75) is 0 Å². The van der Waals surface area contributed by atoms with Gasteiger partial charge in [-0.25, -0.2) is 4.79 Å². The van der Waals surface area contributed by atoms with Crippen LogP contribution in [0.3, 0.4) is 0 Å². The predicted molar refractivity (Wildman–Crippen MR) is 41.0 cm³/mol. The number of carbonyl (C=O) groups excluding carboxylic acids is 2. The summed E-state index contributed by atoms with van der Waals surface area (Å²) in [5.74, 6) is -0.400. The highest BCUT2D eigenvalue weighted by atomic mass is 32.1. The van der Waals surface area contributed by atoms with Crippen molar-refractivity contribution in [2.75, 3.05) is 7.11 Å². The molecule has 1 heterocycles. The third kappa shape index (κ3) is 1.65. The van der Waals surface area contributed by atoms with Crippen molar-refractivity contribution in [2.24, 2.45) is 0 Å². The first-order valence-corrected chi connectivity index (χ1v) is 3.78. The molecule has 0 unspecified atom stereocenters. The molecule has 11 heavy (non-hydrogen) atoms. The number of hydrogen-bond acceptors (Lipinski definition) is 4. The molecule has 1 aromatic heterocycles. The minimum absolute atomic E-state index is 0.400. The zero-order chi connectivity index (χ0) is 8.27. The van der Waals surface area contributed by atoms with Crippen molar-refractivity contribution in [3.05, 3.63) is 21.9 Å². The summed E-state index contributed by atoms with van der Waals surface area (Å²) in [5.41, 5.74) is 0.510. The quantitative estimate of drug-likeness (QED) is 0.497. The number of ether oxygens (including phenoxy) is 1. The zero-order valence-electron chi connectivity index (χ0n) is 5.87. The molecule has 4 heteroatoms. The summed E-state index contributed by atoms with van der Waals surface area (Å²) >= 11 is 1.20. The normalized spacial score (nSPS) is 9.18. The van der Waals surface area contributed by atoms with E-state index in [4.69, 9.17) is 0 Å². The molecule has 0 fully saturated rings. The van der Waals surface area contributed by atoms with Gasteiger partial charge in [0, 0.05) is 10.9 Å². The average Bonchev–Trinajstić information content (AvgIpc) is 2.50. The Morgan fingerprint density at radius 1 is 1.73 bits per heavy atom. The van der Waals surface area contributed by atoms with Gasteiger partial charge in [-0.1, -0.05) is 0 Å². The second kappa shape index (κ2) is 3.30. The highest BCUT2D eigenvalue weighted by molar-refractivity contribution is 7.12. The lowest BCUT2D eigenvalue weighted by molar-refractivity contribution is 0.0606. The van der Waals surface area contributed by atoms with Crippen LogP contribution >= 0.6 is 11.3 Å². The van der Waals surface area contributed by atoms with Crippen molar-refractivity contribution in [3.63, 3.8) is 0 Å². The lowest BCUT2D eigenvalue weighted by atomic mass is 10.3. The maximum absolute atomic E-state index is 10.8. The molecule has 0 aromatic carbocycles. The third-order valence-electron chi connectivity index (χ3n) is 1.14. The number of carbonyl (C=O) groups is 2. The summed E-state index contributed by atoms with van der Waals surface area (Å²) in [7, 11) is 1.31. The van der Waals surface area contributed by atoms with Crippen molar-refractivity contribution in [1.29, 1.82) is 0 Å². The number of rotatable bonds is 2. The van der Waals surface area contributed by atoms with Gasteiger partial charge < -0.3 is 4.74 Å². The summed E-state index contributed by atoms with van der Waals surface area (Å²) < 4.78 is 4.45. The Balaban J connectivity index is 2.88. The SMILES string of the molecule is COC(=O)c1cc(C=O)cs1. The maximum Gasteiger partial charge on any atom is 0.348 e.